The summed E-state index contributed by atoms with van der Waals surface area (Å²) in [6.07, 6.45) is 8.17. The van der Waals surface area contributed by atoms with Crippen LogP contribution in [-0.4, -0.2) is 4.57 Å². The Hall–Kier alpha value is -5.86. The van der Waals surface area contributed by atoms with Crippen LogP contribution in [0.15, 0.2) is 170 Å². The highest BCUT2D eigenvalue weighted by Gasteiger charge is 2.35. The minimum Gasteiger partial charge on any atom is -0.310 e. The SMILES string of the molecule is C=C/C(=C\C=C/C)c1cccc(N(c2ccc3c(c2)C(C)(C)c2ccccc2-3)c2ccc3c4ccccc4n(-c4ccccc4)c3c2)c1. The predicted octanol–water partition coefficient (Wildman–Crippen LogP) is 12.7. The fourth-order valence-electron chi connectivity index (χ4n) is 7.54. The van der Waals surface area contributed by atoms with Crippen molar-refractivity contribution in [2.75, 3.05) is 4.90 Å². The zero-order valence-corrected chi connectivity index (χ0v) is 27.7. The first-order valence-corrected chi connectivity index (χ1v) is 16.7. The van der Waals surface area contributed by atoms with Crippen molar-refractivity contribution in [3.05, 3.63) is 187 Å². The second kappa shape index (κ2) is 11.7. The number of aromatic nitrogens is 1. The zero-order valence-electron chi connectivity index (χ0n) is 27.7. The molecule has 0 unspecified atom stereocenters. The van der Waals surface area contributed by atoms with E-state index in [1.165, 1.54) is 44.1 Å². The van der Waals surface area contributed by atoms with Gasteiger partial charge >= 0.3 is 0 Å². The predicted molar refractivity (Wildman–Crippen MR) is 206 cm³/mol. The van der Waals surface area contributed by atoms with Crippen molar-refractivity contribution in [2.45, 2.75) is 26.2 Å². The highest BCUT2D eigenvalue weighted by molar-refractivity contribution is 6.10. The summed E-state index contributed by atoms with van der Waals surface area (Å²) < 4.78 is 2.39. The molecule has 0 spiro atoms. The van der Waals surface area contributed by atoms with Gasteiger partial charge in [-0.05, 0) is 94.9 Å². The molecule has 1 aliphatic carbocycles. The highest BCUT2D eigenvalue weighted by Crippen LogP contribution is 2.51. The number of benzene rings is 6. The van der Waals surface area contributed by atoms with Gasteiger partial charge in [0.1, 0.15) is 0 Å². The van der Waals surface area contributed by atoms with Gasteiger partial charge in [0.15, 0.2) is 0 Å². The Morgan fingerprint density at radius 1 is 0.625 bits per heavy atom. The molecular weight excluding hydrogens is 581 g/mol. The topological polar surface area (TPSA) is 8.17 Å². The van der Waals surface area contributed by atoms with E-state index in [1.807, 2.05) is 19.1 Å². The van der Waals surface area contributed by atoms with Gasteiger partial charge in [-0.3, -0.25) is 0 Å². The standard InChI is InChI=1S/C46H38N2/c1-5-7-16-32(6-2)33-17-15-20-35(29-33)47(36-25-27-39-38-21-11-13-23-42(38)46(3,4)43(39)30-36)37-26-28-41-40-22-12-14-24-44(40)48(45(41)31-37)34-18-9-8-10-19-34/h5-31H,2H2,1,3-4H3/b7-5-,32-16+. The molecule has 0 bridgehead atoms. The molecule has 48 heavy (non-hydrogen) atoms. The maximum Gasteiger partial charge on any atom is 0.0561 e. The van der Waals surface area contributed by atoms with Gasteiger partial charge in [-0.2, -0.15) is 0 Å². The summed E-state index contributed by atoms with van der Waals surface area (Å²) in [5, 5.41) is 2.49. The minimum atomic E-state index is -0.107. The molecule has 0 atom stereocenters. The van der Waals surface area contributed by atoms with Gasteiger partial charge in [0.05, 0.1) is 11.0 Å². The van der Waals surface area contributed by atoms with Gasteiger partial charge in [-0.1, -0.05) is 130 Å². The number of nitrogens with zero attached hydrogens (tertiary/aromatic N) is 2. The van der Waals surface area contributed by atoms with Crippen LogP contribution in [0.4, 0.5) is 17.1 Å². The Kier molecular flexibility index (Phi) is 7.22. The van der Waals surface area contributed by atoms with Crippen molar-refractivity contribution in [3.63, 3.8) is 0 Å². The third-order valence-electron chi connectivity index (χ3n) is 9.88. The zero-order chi connectivity index (χ0) is 32.8. The summed E-state index contributed by atoms with van der Waals surface area (Å²) in [4.78, 5) is 2.41. The number of anilines is 3. The van der Waals surface area contributed by atoms with Crippen LogP contribution in [0.5, 0.6) is 0 Å². The summed E-state index contributed by atoms with van der Waals surface area (Å²) in [6, 6.07) is 50.9. The second-order valence-electron chi connectivity index (χ2n) is 13.0. The molecule has 7 aromatic rings. The first-order valence-electron chi connectivity index (χ1n) is 16.7. The molecule has 2 heteroatoms. The van der Waals surface area contributed by atoms with E-state index in [1.54, 1.807) is 0 Å². The Balaban J connectivity index is 1.38. The monoisotopic (exact) mass is 618 g/mol. The Morgan fingerprint density at radius 2 is 1.31 bits per heavy atom. The molecular formula is C46H38N2. The van der Waals surface area contributed by atoms with Gasteiger partial charge in [-0.15, -0.1) is 0 Å². The van der Waals surface area contributed by atoms with E-state index in [4.69, 9.17) is 0 Å². The first kappa shape index (κ1) is 29.5. The van der Waals surface area contributed by atoms with Crippen molar-refractivity contribution >= 4 is 44.4 Å². The average molecular weight is 619 g/mol. The van der Waals surface area contributed by atoms with Crippen molar-refractivity contribution in [2.24, 2.45) is 0 Å². The molecule has 1 heterocycles. The quantitative estimate of drug-likeness (QED) is 0.161. The van der Waals surface area contributed by atoms with Crippen LogP contribution >= 0.6 is 0 Å². The normalized spacial score (nSPS) is 13.6. The van der Waals surface area contributed by atoms with Gasteiger partial charge in [0, 0.05) is 38.9 Å². The summed E-state index contributed by atoms with van der Waals surface area (Å²) in [6.45, 7) is 10.9. The van der Waals surface area contributed by atoms with E-state index >= 15 is 0 Å². The molecule has 0 fully saturated rings. The number of hydrogen-bond donors (Lipinski definition) is 0. The van der Waals surface area contributed by atoms with Crippen LogP contribution in [-0.2, 0) is 5.41 Å². The molecule has 0 aliphatic heterocycles. The van der Waals surface area contributed by atoms with Crippen LogP contribution in [0.25, 0.3) is 44.2 Å². The third kappa shape index (κ3) is 4.72. The molecule has 8 rings (SSSR count). The van der Waals surface area contributed by atoms with E-state index in [-0.39, 0.29) is 5.41 Å². The largest absolute Gasteiger partial charge is 0.310 e. The van der Waals surface area contributed by atoms with Crippen LogP contribution < -0.4 is 4.90 Å². The molecule has 1 aromatic heterocycles. The van der Waals surface area contributed by atoms with Crippen molar-refractivity contribution in [3.8, 4) is 16.8 Å². The van der Waals surface area contributed by atoms with Gasteiger partial charge < -0.3 is 9.47 Å². The minimum absolute atomic E-state index is 0.107. The lowest BCUT2D eigenvalue weighted by atomic mass is 9.82. The lowest BCUT2D eigenvalue weighted by molar-refractivity contribution is 0.660. The lowest BCUT2D eigenvalue weighted by Gasteiger charge is -2.28. The van der Waals surface area contributed by atoms with E-state index in [2.05, 4.69) is 182 Å². The van der Waals surface area contributed by atoms with Gasteiger partial charge in [0.25, 0.3) is 0 Å². The molecule has 1 aliphatic rings. The fraction of sp³-hybridized carbons (Fsp3) is 0.0870. The summed E-state index contributed by atoms with van der Waals surface area (Å²) in [5.41, 5.74) is 14.3. The molecule has 0 N–H and O–H groups in total. The molecule has 0 saturated heterocycles. The van der Waals surface area contributed by atoms with Crippen LogP contribution in [0.3, 0.4) is 0 Å². The number of para-hydroxylation sites is 2. The van der Waals surface area contributed by atoms with E-state index in [0.29, 0.717) is 0 Å². The Bertz CT molecular complexity index is 2400. The maximum atomic E-state index is 4.13. The number of allylic oxidation sites excluding steroid dienone is 5. The van der Waals surface area contributed by atoms with Crippen molar-refractivity contribution in [1.82, 2.24) is 4.57 Å². The number of hydrogen-bond acceptors (Lipinski definition) is 1. The maximum absolute atomic E-state index is 4.13. The van der Waals surface area contributed by atoms with Crippen LogP contribution in [0, 0.1) is 0 Å². The molecule has 6 aromatic carbocycles. The van der Waals surface area contributed by atoms with E-state index < -0.39 is 0 Å². The highest BCUT2D eigenvalue weighted by atomic mass is 15.1. The molecule has 0 amide bonds. The summed E-state index contributed by atoms with van der Waals surface area (Å²) >= 11 is 0. The molecule has 0 radical (unpaired) electrons. The van der Waals surface area contributed by atoms with Gasteiger partial charge in [0.2, 0.25) is 0 Å². The lowest BCUT2D eigenvalue weighted by Crippen LogP contribution is -2.16. The van der Waals surface area contributed by atoms with Gasteiger partial charge in [-0.25, -0.2) is 0 Å². The van der Waals surface area contributed by atoms with Crippen LogP contribution in [0.2, 0.25) is 0 Å². The molecule has 0 saturated carbocycles. The fourth-order valence-corrected chi connectivity index (χ4v) is 7.54. The van der Waals surface area contributed by atoms with Crippen LogP contribution in [0.1, 0.15) is 37.5 Å². The molecule has 232 valence electrons. The van der Waals surface area contributed by atoms with Crippen molar-refractivity contribution < 1.29 is 0 Å². The smallest absolute Gasteiger partial charge is 0.0561 e. The summed E-state index contributed by atoms with van der Waals surface area (Å²) in [7, 11) is 0. The van der Waals surface area contributed by atoms with Crippen molar-refractivity contribution in [1.29, 1.82) is 0 Å². The molecule has 2 nitrogen and oxygen atoms in total. The number of fused-ring (bicyclic) bond motifs is 6. The Labute approximate surface area is 283 Å². The van der Waals surface area contributed by atoms with E-state index in [9.17, 15) is 0 Å². The first-order chi connectivity index (χ1) is 23.5. The number of rotatable bonds is 7. The average Bonchev–Trinajstić information content (AvgIpc) is 3.57. The van der Waals surface area contributed by atoms with E-state index in [0.717, 1.165) is 33.9 Å². The Morgan fingerprint density at radius 3 is 2.15 bits per heavy atom. The third-order valence-corrected chi connectivity index (χ3v) is 9.88. The summed E-state index contributed by atoms with van der Waals surface area (Å²) in [5.74, 6) is 0. The second-order valence-corrected chi connectivity index (χ2v) is 13.0.